The van der Waals surface area contributed by atoms with Crippen LogP contribution >= 0.6 is 0 Å². The van der Waals surface area contributed by atoms with E-state index in [0.29, 0.717) is 12.8 Å². The molecular formula is C24H36BN5O7. The lowest BCUT2D eigenvalue weighted by atomic mass is 10.1. The molecule has 202 valence electrons. The van der Waals surface area contributed by atoms with Crippen LogP contribution in [0.3, 0.4) is 0 Å². The fourth-order valence-electron chi connectivity index (χ4n) is 3.34. The molecule has 0 aromatic carbocycles. The molecule has 0 saturated carbocycles. The van der Waals surface area contributed by atoms with Gasteiger partial charge < -0.3 is 35.6 Å². The number of H-pyrrole nitrogens is 1. The highest BCUT2D eigenvalue weighted by molar-refractivity contribution is 6.32. The Morgan fingerprint density at radius 1 is 1.16 bits per heavy atom. The second kappa shape index (κ2) is 16.3. The van der Waals surface area contributed by atoms with Crippen LogP contribution in [-0.2, 0) is 14.2 Å². The molecule has 0 aliphatic rings. The quantitative estimate of drug-likeness (QED) is 0.0630. The molecule has 0 aliphatic heterocycles. The maximum absolute atomic E-state index is 13.0. The lowest BCUT2D eigenvalue weighted by molar-refractivity contribution is -0.126. The molecule has 1 aromatic heterocycles. The summed E-state index contributed by atoms with van der Waals surface area (Å²) in [4.78, 5) is 51.7. The Balaban J connectivity index is 2.85. The largest absolute Gasteiger partial charge is 0.635 e. The van der Waals surface area contributed by atoms with Crippen molar-refractivity contribution < 1.29 is 29.1 Å². The molecule has 0 fully saturated rings. The van der Waals surface area contributed by atoms with Gasteiger partial charge in [-0.15, -0.1) is 0 Å². The number of amides is 3. The molecule has 1 heterocycles. The lowest BCUT2D eigenvalue weighted by Gasteiger charge is -2.25. The minimum atomic E-state index is -2.10. The number of nitrogens with one attached hydrogen (secondary N) is 4. The van der Waals surface area contributed by atoms with E-state index in [4.69, 9.17) is 9.92 Å². The summed E-state index contributed by atoms with van der Waals surface area (Å²) < 4.78 is 4.96. The second-order valence-corrected chi connectivity index (χ2v) is 9.23. The summed E-state index contributed by atoms with van der Waals surface area (Å²) in [6.07, 6.45) is 1.88. The van der Waals surface area contributed by atoms with Crippen LogP contribution < -0.4 is 21.5 Å². The van der Waals surface area contributed by atoms with Gasteiger partial charge in [0, 0.05) is 12.6 Å². The van der Waals surface area contributed by atoms with E-state index in [9.17, 15) is 29.2 Å². The first-order chi connectivity index (χ1) is 17.4. The predicted molar refractivity (Wildman–Crippen MR) is 136 cm³/mol. The predicted octanol–water partition coefficient (Wildman–Crippen LogP) is 0.340. The van der Waals surface area contributed by atoms with Crippen molar-refractivity contribution in [2.24, 2.45) is 11.8 Å². The van der Waals surface area contributed by atoms with Gasteiger partial charge in [-0.2, -0.15) is 5.26 Å². The second-order valence-electron chi connectivity index (χ2n) is 9.23. The van der Waals surface area contributed by atoms with E-state index in [-0.39, 0.29) is 42.5 Å². The molecule has 12 nitrogen and oxygen atoms in total. The van der Waals surface area contributed by atoms with Gasteiger partial charge in [0.05, 0.1) is 0 Å². The number of aromatic amines is 1. The maximum Gasteiger partial charge on any atom is 0.635 e. The van der Waals surface area contributed by atoms with Gasteiger partial charge in [0.1, 0.15) is 29.6 Å². The number of pyridine rings is 1. The van der Waals surface area contributed by atoms with Crippen LogP contribution in [0.15, 0.2) is 34.6 Å². The Hall–Kier alpha value is -3.47. The van der Waals surface area contributed by atoms with E-state index in [2.05, 4.69) is 20.9 Å². The van der Waals surface area contributed by atoms with Crippen LogP contribution in [0.1, 0.15) is 63.9 Å². The van der Waals surface area contributed by atoms with E-state index in [1.807, 2.05) is 33.8 Å². The average Bonchev–Trinajstić information content (AvgIpc) is 2.80. The minimum Gasteiger partial charge on any atom is -0.402 e. The number of allylic oxidation sites excluding steroid dienone is 1. The monoisotopic (exact) mass is 517 g/mol. The van der Waals surface area contributed by atoms with E-state index in [1.165, 1.54) is 18.2 Å². The van der Waals surface area contributed by atoms with Crippen molar-refractivity contribution >= 4 is 25.0 Å². The third-order valence-corrected chi connectivity index (χ3v) is 4.98. The summed E-state index contributed by atoms with van der Waals surface area (Å²) in [6, 6.07) is 4.87. The Bertz CT molecular complexity index is 1020. The van der Waals surface area contributed by atoms with E-state index >= 15 is 0 Å². The van der Waals surface area contributed by atoms with Crippen molar-refractivity contribution in [3.8, 4) is 6.07 Å². The van der Waals surface area contributed by atoms with Gasteiger partial charge in [0.15, 0.2) is 0 Å². The standard InChI is InChI=1S/C24H36BN5O7/c1-15(2)12-17(14-26)22(32)27-11-6-5-8-19(29-23(33)18-9-7-10-20(31)28-18)24(34)30-21(13-16(3)4)37-25(35)36/h7,9-10,12,15-16,19,21,35-36H,5-6,8,11,13H2,1-4H3,(H,27,32)(H,28,31)(H,29,33)(H,30,34)/t19-,21+/m0/s1. The van der Waals surface area contributed by atoms with Gasteiger partial charge in [-0.25, -0.2) is 0 Å². The summed E-state index contributed by atoms with van der Waals surface area (Å²) in [5, 5.41) is 35.3. The SMILES string of the molecule is CC(C)C=C(C#N)C(=O)NCCCC[C@H](NC(=O)c1cccc(=O)[nH]1)C(=O)N[C@@H](CC(C)C)OB(O)O. The molecule has 0 radical (unpaired) electrons. The summed E-state index contributed by atoms with van der Waals surface area (Å²) in [6.45, 7) is 7.68. The van der Waals surface area contributed by atoms with Crippen LogP contribution in [0.25, 0.3) is 0 Å². The lowest BCUT2D eigenvalue weighted by Crippen LogP contribution is -2.51. The molecule has 0 spiro atoms. The number of hydrogen-bond donors (Lipinski definition) is 6. The molecule has 3 amide bonds. The van der Waals surface area contributed by atoms with Gasteiger partial charge in [-0.3, -0.25) is 19.2 Å². The number of hydrogen-bond acceptors (Lipinski definition) is 8. The first kappa shape index (κ1) is 31.6. The molecule has 0 aliphatic carbocycles. The van der Waals surface area contributed by atoms with Crippen LogP contribution in [0.2, 0.25) is 0 Å². The summed E-state index contributed by atoms with van der Waals surface area (Å²) in [5.41, 5.74) is -0.479. The number of nitrogens with zero attached hydrogens (tertiary/aromatic N) is 1. The molecule has 37 heavy (non-hydrogen) atoms. The van der Waals surface area contributed by atoms with E-state index in [0.717, 1.165) is 0 Å². The average molecular weight is 517 g/mol. The highest BCUT2D eigenvalue weighted by atomic mass is 16.6. The highest BCUT2D eigenvalue weighted by Gasteiger charge is 2.27. The maximum atomic E-state index is 13.0. The number of rotatable bonds is 15. The summed E-state index contributed by atoms with van der Waals surface area (Å²) in [7, 11) is -2.10. The summed E-state index contributed by atoms with van der Waals surface area (Å²) >= 11 is 0. The van der Waals surface area contributed by atoms with Crippen molar-refractivity contribution in [1.82, 2.24) is 20.9 Å². The van der Waals surface area contributed by atoms with Crippen molar-refractivity contribution in [2.75, 3.05) is 6.54 Å². The van der Waals surface area contributed by atoms with Crippen LogP contribution in [0, 0.1) is 23.2 Å². The minimum absolute atomic E-state index is 0.0265. The number of carbonyl (C=O) groups excluding carboxylic acids is 3. The third kappa shape index (κ3) is 12.9. The Morgan fingerprint density at radius 3 is 2.43 bits per heavy atom. The van der Waals surface area contributed by atoms with Gasteiger partial charge in [-0.05, 0) is 43.6 Å². The number of aromatic nitrogens is 1. The molecular weight excluding hydrogens is 481 g/mol. The van der Waals surface area contributed by atoms with E-state index < -0.39 is 42.9 Å². The van der Waals surface area contributed by atoms with E-state index in [1.54, 1.807) is 6.08 Å². The molecule has 1 aromatic rings. The zero-order valence-corrected chi connectivity index (χ0v) is 21.6. The Morgan fingerprint density at radius 2 is 1.86 bits per heavy atom. The molecule has 1 rings (SSSR count). The number of carbonyl (C=O) groups is 3. The van der Waals surface area contributed by atoms with Gasteiger partial charge in [0.25, 0.3) is 11.8 Å². The number of unbranched alkanes of at least 4 members (excludes halogenated alkanes) is 1. The van der Waals surface area contributed by atoms with Gasteiger partial charge in [0.2, 0.25) is 11.5 Å². The Kier molecular flexibility index (Phi) is 13.9. The molecule has 0 bridgehead atoms. The molecule has 13 heteroatoms. The van der Waals surface area contributed by atoms with Gasteiger partial charge >= 0.3 is 7.32 Å². The fourth-order valence-corrected chi connectivity index (χ4v) is 3.34. The first-order valence-corrected chi connectivity index (χ1v) is 12.1. The highest BCUT2D eigenvalue weighted by Crippen LogP contribution is 2.09. The topological polar surface area (TPSA) is 194 Å². The smallest absolute Gasteiger partial charge is 0.402 e. The number of nitriles is 1. The third-order valence-electron chi connectivity index (χ3n) is 4.98. The van der Waals surface area contributed by atoms with Crippen molar-refractivity contribution in [3.63, 3.8) is 0 Å². The molecule has 0 unspecified atom stereocenters. The molecule has 0 saturated heterocycles. The first-order valence-electron chi connectivity index (χ1n) is 12.1. The molecule has 6 N–H and O–H groups in total. The van der Waals surface area contributed by atoms with Crippen molar-refractivity contribution in [2.45, 2.75) is 65.6 Å². The Labute approximate surface area is 216 Å². The van der Waals surface area contributed by atoms with Crippen molar-refractivity contribution in [1.29, 1.82) is 5.26 Å². The summed E-state index contributed by atoms with van der Waals surface area (Å²) in [5.74, 6) is -1.68. The molecule has 2 atom stereocenters. The normalized spacial score (nSPS) is 13.0. The van der Waals surface area contributed by atoms with Crippen molar-refractivity contribution in [3.05, 3.63) is 45.9 Å². The van der Waals surface area contributed by atoms with Crippen LogP contribution in [0.4, 0.5) is 0 Å². The fraction of sp³-hybridized carbons (Fsp3) is 0.542. The van der Waals surface area contributed by atoms with Crippen LogP contribution in [0.5, 0.6) is 0 Å². The zero-order chi connectivity index (χ0) is 28.0. The zero-order valence-electron chi connectivity index (χ0n) is 21.6. The van der Waals surface area contributed by atoms with Gasteiger partial charge in [-0.1, -0.05) is 39.8 Å². The van der Waals surface area contributed by atoms with Crippen LogP contribution in [-0.4, -0.2) is 58.9 Å².